The number of rotatable bonds is 4. The number of carbonyl (C=O) groups is 2. The van der Waals surface area contributed by atoms with Crippen LogP contribution < -0.4 is 11.1 Å². The fraction of sp³-hybridized carbons (Fsp3) is 0.444. The number of hydrogen-bond acceptors (Lipinski definition) is 5. The van der Waals surface area contributed by atoms with Crippen molar-refractivity contribution in [2.24, 2.45) is 11.7 Å². The van der Waals surface area contributed by atoms with Gasteiger partial charge in [0.05, 0.1) is 16.1 Å². The van der Waals surface area contributed by atoms with Gasteiger partial charge in [-0.1, -0.05) is 0 Å². The minimum absolute atomic E-state index is 0. The smallest absolute Gasteiger partial charge is 0.291 e. The molecule has 142 valence electrons. The van der Waals surface area contributed by atoms with Gasteiger partial charge in [-0.15, -0.1) is 23.7 Å². The van der Waals surface area contributed by atoms with E-state index in [4.69, 9.17) is 10.2 Å². The maximum absolute atomic E-state index is 12.9. The molecule has 1 aliphatic heterocycles. The molecule has 1 aliphatic rings. The van der Waals surface area contributed by atoms with E-state index in [1.54, 1.807) is 12.1 Å². The molecule has 8 heteroatoms. The number of aryl methyl sites for hydroxylation is 1. The van der Waals surface area contributed by atoms with Gasteiger partial charge in [0, 0.05) is 19.1 Å². The summed E-state index contributed by atoms with van der Waals surface area (Å²) in [5.41, 5.74) is 6.88. The number of hydrogen-bond donors (Lipinski definition) is 2. The lowest BCUT2D eigenvalue weighted by Gasteiger charge is -2.34. The van der Waals surface area contributed by atoms with Crippen LogP contribution in [0.3, 0.4) is 0 Å². The molecule has 0 bridgehead atoms. The average molecular weight is 398 g/mol. The minimum atomic E-state index is -0.319. The summed E-state index contributed by atoms with van der Waals surface area (Å²) >= 11 is 1.30. The second-order valence-corrected chi connectivity index (χ2v) is 7.62. The Morgan fingerprint density at radius 1 is 1.46 bits per heavy atom. The van der Waals surface area contributed by atoms with Gasteiger partial charge in [0.25, 0.3) is 11.8 Å². The first-order valence-corrected chi connectivity index (χ1v) is 9.27. The third kappa shape index (κ3) is 4.47. The summed E-state index contributed by atoms with van der Waals surface area (Å²) < 4.78 is 5.09. The van der Waals surface area contributed by atoms with Crippen molar-refractivity contribution in [3.8, 4) is 0 Å². The van der Waals surface area contributed by atoms with E-state index in [1.165, 1.54) is 17.6 Å². The summed E-state index contributed by atoms with van der Waals surface area (Å²) in [5.74, 6) is 0.289. The van der Waals surface area contributed by atoms with E-state index in [1.807, 2.05) is 24.8 Å². The molecule has 2 amide bonds. The molecule has 2 aromatic heterocycles. The van der Waals surface area contributed by atoms with Crippen LogP contribution in [0.15, 0.2) is 28.9 Å². The van der Waals surface area contributed by atoms with Crippen LogP contribution in [0, 0.1) is 12.8 Å². The molecule has 0 spiro atoms. The van der Waals surface area contributed by atoms with Crippen LogP contribution in [-0.4, -0.2) is 35.8 Å². The fourth-order valence-electron chi connectivity index (χ4n) is 3.10. The standard InChI is InChI=1S/C18H23N3O3S.ClH/c1-11-9-15(20-17(22)14-6-4-8-24-14)25-16(11)18(23)21-7-3-5-13(10-21)12(2)19;/h4,6,8-9,12-13H,3,5,7,10,19H2,1-2H3,(H,20,22);1H. The molecule has 2 unspecified atom stereocenters. The second kappa shape index (κ2) is 8.70. The molecular weight excluding hydrogens is 374 g/mol. The maximum atomic E-state index is 12.9. The van der Waals surface area contributed by atoms with Crippen molar-refractivity contribution in [3.63, 3.8) is 0 Å². The first kappa shape index (κ1) is 20.5. The van der Waals surface area contributed by atoms with Gasteiger partial charge in [0.2, 0.25) is 0 Å². The van der Waals surface area contributed by atoms with E-state index in [9.17, 15) is 9.59 Å². The van der Waals surface area contributed by atoms with E-state index in [0.717, 1.165) is 24.9 Å². The third-order valence-electron chi connectivity index (χ3n) is 4.58. The molecule has 6 nitrogen and oxygen atoms in total. The zero-order valence-corrected chi connectivity index (χ0v) is 16.5. The fourth-order valence-corrected chi connectivity index (χ4v) is 4.14. The van der Waals surface area contributed by atoms with Crippen molar-refractivity contribution in [3.05, 3.63) is 40.7 Å². The highest BCUT2D eigenvalue weighted by Gasteiger charge is 2.28. The van der Waals surface area contributed by atoms with Crippen molar-refractivity contribution >= 4 is 40.6 Å². The maximum Gasteiger partial charge on any atom is 0.291 e. The molecule has 1 saturated heterocycles. The molecule has 3 N–H and O–H groups in total. The topological polar surface area (TPSA) is 88.6 Å². The Hall–Kier alpha value is -1.83. The van der Waals surface area contributed by atoms with Crippen molar-refractivity contribution in [2.45, 2.75) is 32.7 Å². The van der Waals surface area contributed by atoms with Gasteiger partial charge in [0.15, 0.2) is 5.76 Å². The number of piperidine rings is 1. The predicted octanol–water partition coefficient (Wildman–Crippen LogP) is 3.52. The largest absolute Gasteiger partial charge is 0.459 e. The van der Waals surface area contributed by atoms with Gasteiger partial charge in [0.1, 0.15) is 0 Å². The highest BCUT2D eigenvalue weighted by Crippen LogP contribution is 2.30. The average Bonchev–Trinajstić information content (AvgIpc) is 3.24. The van der Waals surface area contributed by atoms with Gasteiger partial charge >= 0.3 is 0 Å². The van der Waals surface area contributed by atoms with Crippen molar-refractivity contribution in [2.75, 3.05) is 18.4 Å². The quantitative estimate of drug-likeness (QED) is 0.825. The van der Waals surface area contributed by atoms with Gasteiger partial charge in [-0.25, -0.2) is 0 Å². The Labute approximate surface area is 163 Å². The summed E-state index contributed by atoms with van der Waals surface area (Å²) in [6, 6.07) is 5.17. The van der Waals surface area contributed by atoms with Gasteiger partial charge in [-0.3, -0.25) is 9.59 Å². The summed E-state index contributed by atoms with van der Waals surface area (Å²) in [6.07, 6.45) is 3.49. The minimum Gasteiger partial charge on any atom is -0.459 e. The van der Waals surface area contributed by atoms with E-state index in [-0.39, 0.29) is 36.0 Å². The molecule has 3 rings (SSSR count). The first-order valence-electron chi connectivity index (χ1n) is 8.46. The summed E-state index contributed by atoms with van der Waals surface area (Å²) in [4.78, 5) is 27.5. The summed E-state index contributed by atoms with van der Waals surface area (Å²) in [5, 5.41) is 3.43. The lowest BCUT2D eigenvalue weighted by Crippen LogP contribution is -2.45. The van der Waals surface area contributed by atoms with Gasteiger partial charge in [-0.2, -0.15) is 0 Å². The monoisotopic (exact) mass is 397 g/mol. The third-order valence-corrected chi connectivity index (χ3v) is 5.72. The molecule has 0 radical (unpaired) electrons. The molecule has 1 fully saturated rings. The number of carbonyl (C=O) groups excluding carboxylic acids is 2. The Morgan fingerprint density at radius 2 is 2.23 bits per heavy atom. The van der Waals surface area contributed by atoms with Crippen LogP contribution in [0.2, 0.25) is 0 Å². The zero-order chi connectivity index (χ0) is 18.0. The highest BCUT2D eigenvalue weighted by atomic mass is 35.5. The SMILES string of the molecule is Cc1cc(NC(=O)c2ccco2)sc1C(=O)N1CCCC(C(C)N)C1.Cl. The first-order chi connectivity index (χ1) is 12.0. The van der Waals surface area contributed by atoms with Gasteiger partial charge < -0.3 is 20.4 Å². The zero-order valence-electron chi connectivity index (χ0n) is 14.9. The lowest BCUT2D eigenvalue weighted by atomic mass is 9.92. The second-order valence-electron chi connectivity index (χ2n) is 6.57. The molecule has 2 aromatic rings. The van der Waals surface area contributed by atoms with Crippen molar-refractivity contribution in [1.29, 1.82) is 0 Å². The Bertz CT molecular complexity index is 758. The molecular formula is C18H24ClN3O3S. The number of amides is 2. The Kier molecular flexibility index (Phi) is 6.86. The number of furan rings is 1. The molecule has 0 aromatic carbocycles. The molecule has 0 saturated carbocycles. The van der Waals surface area contributed by atoms with Crippen LogP contribution in [0.4, 0.5) is 5.00 Å². The number of anilines is 1. The van der Waals surface area contributed by atoms with Gasteiger partial charge in [-0.05, 0) is 56.4 Å². The van der Waals surface area contributed by atoms with E-state index >= 15 is 0 Å². The normalized spacial score (nSPS) is 18.1. The van der Waals surface area contributed by atoms with E-state index < -0.39 is 0 Å². The Morgan fingerprint density at radius 3 is 2.88 bits per heavy atom. The van der Waals surface area contributed by atoms with Crippen LogP contribution in [0.1, 0.15) is 45.6 Å². The molecule has 26 heavy (non-hydrogen) atoms. The number of nitrogens with two attached hydrogens (primary N) is 1. The number of nitrogens with one attached hydrogen (secondary N) is 1. The van der Waals surface area contributed by atoms with Crippen LogP contribution in [-0.2, 0) is 0 Å². The molecule has 2 atom stereocenters. The molecule has 0 aliphatic carbocycles. The number of likely N-dealkylation sites (tertiary alicyclic amines) is 1. The Balaban J connectivity index is 0.00000243. The number of nitrogens with zero attached hydrogens (tertiary/aromatic N) is 1. The van der Waals surface area contributed by atoms with Crippen LogP contribution in [0.25, 0.3) is 0 Å². The van der Waals surface area contributed by atoms with E-state index in [2.05, 4.69) is 5.32 Å². The molecule has 3 heterocycles. The van der Waals surface area contributed by atoms with Crippen molar-refractivity contribution < 1.29 is 14.0 Å². The summed E-state index contributed by atoms with van der Waals surface area (Å²) in [7, 11) is 0. The lowest BCUT2D eigenvalue weighted by molar-refractivity contribution is 0.0665. The number of halogens is 1. The summed E-state index contributed by atoms with van der Waals surface area (Å²) in [6.45, 7) is 5.34. The van der Waals surface area contributed by atoms with Crippen LogP contribution in [0.5, 0.6) is 0 Å². The highest BCUT2D eigenvalue weighted by molar-refractivity contribution is 7.18. The van der Waals surface area contributed by atoms with Crippen LogP contribution >= 0.6 is 23.7 Å². The predicted molar refractivity (Wildman–Crippen MR) is 105 cm³/mol. The van der Waals surface area contributed by atoms with E-state index in [0.29, 0.717) is 22.3 Å². The number of thiophene rings is 1. The van der Waals surface area contributed by atoms with Crippen molar-refractivity contribution in [1.82, 2.24) is 4.90 Å².